The summed E-state index contributed by atoms with van der Waals surface area (Å²) in [6.07, 6.45) is 67.6. The maximum Gasteiger partial charge on any atom is 0.306 e. The van der Waals surface area contributed by atoms with Gasteiger partial charge >= 0.3 is 11.9 Å². The summed E-state index contributed by atoms with van der Waals surface area (Å²) in [5.74, 6) is -0.846. The van der Waals surface area contributed by atoms with Crippen molar-refractivity contribution in [3.8, 4) is 0 Å². The lowest BCUT2D eigenvalue weighted by Gasteiger charge is -2.28. The second-order valence-corrected chi connectivity index (χ2v) is 21.3. The number of rotatable bonds is 51. The Morgan fingerprint density at radius 2 is 0.814 bits per heavy atom. The van der Waals surface area contributed by atoms with Crippen LogP contribution in [0.2, 0.25) is 0 Å². The molecule has 0 N–H and O–H groups in total. The molecule has 2 unspecified atom stereocenters. The third kappa shape index (κ3) is 54.5. The Morgan fingerprint density at radius 3 is 1.23 bits per heavy atom. The number of phosphoric acid groups is 1. The molecule has 0 fully saturated rings. The summed E-state index contributed by atoms with van der Waals surface area (Å²) >= 11 is 0. The minimum Gasteiger partial charge on any atom is -0.756 e. The fourth-order valence-electron chi connectivity index (χ4n) is 7.54. The molecule has 0 aromatic heterocycles. The van der Waals surface area contributed by atoms with Crippen LogP contribution < -0.4 is 4.89 Å². The van der Waals surface area contributed by atoms with Gasteiger partial charge in [-0.1, -0.05) is 214 Å². The van der Waals surface area contributed by atoms with Gasteiger partial charge in [0, 0.05) is 12.8 Å². The first-order valence-corrected chi connectivity index (χ1v) is 29.8. The highest BCUT2D eigenvalue weighted by atomic mass is 31.2. The molecule has 10 heteroatoms. The number of phosphoric ester groups is 1. The fourth-order valence-corrected chi connectivity index (χ4v) is 8.26. The van der Waals surface area contributed by atoms with Crippen molar-refractivity contribution in [2.45, 2.75) is 238 Å². The molecular formula is C60H106NO8P. The summed E-state index contributed by atoms with van der Waals surface area (Å²) in [4.78, 5) is 37.8. The quantitative estimate of drug-likeness (QED) is 0.0195. The molecule has 0 aliphatic rings. The van der Waals surface area contributed by atoms with Crippen LogP contribution in [-0.4, -0.2) is 70.0 Å². The molecule has 2 atom stereocenters. The molecule has 9 nitrogen and oxygen atoms in total. The van der Waals surface area contributed by atoms with Gasteiger partial charge in [0.25, 0.3) is 7.82 Å². The van der Waals surface area contributed by atoms with Gasteiger partial charge in [-0.15, -0.1) is 0 Å². The molecule has 0 rings (SSSR count). The number of carbonyl (C=O) groups excluding carboxylic acids is 2. The normalized spacial score (nSPS) is 14.0. The van der Waals surface area contributed by atoms with E-state index in [1.54, 1.807) is 0 Å². The van der Waals surface area contributed by atoms with Crippen molar-refractivity contribution < 1.29 is 42.1 Å². The minimum absolute atomic E-state index is 0.0364. The number of hydrogen-bond donors (Lipinski definition) is 0. The molecule has 0 saturated carbocycles. The molecule has 0 spiro atoms. The van der Waals surface area contributed by atoms with Crippen molar-refractivity contribution in [3.63, 3.8) is 0 Å². The predicted octanol–water partition coefficient (Wildman–Crippen LogP) is 16.8. The third-order valence-electron chi connectivity index (χ3n) is 11.9. The van der Waals surface area contributed by atoms with Crippen molar-refractivity contribution in [2.75, 3.05) is 47.5 Å². The number of allylic oxidation sites excluding steroid dienone is 14. The van der Waals surface area contributed by atoms with E-state index in [-0.39, 0.29) is 32.0 Å². The van der Waals surface area contributed by atoms with Crippen molar-refractivity contribution in [1.29, 1.82) is 0 Å². The summed E-state index contributed by atoms with van der Waals surface area (Å²) < 4.78 is 34.1. The minimum atomic E-state index is -4.64. The van der Waals surface area contributed by atoms with Crippen LogP contribution in [0.25, 0.3) is 0 Å². The van der Waals surface area contributed by atoms with E-state index < -0.39 is 26.5 Å². The predicted molar refractivity (Wildman–Crippen MR) is 296 cm³/mol. The molecule has 0 amide bonds. The molecule has 0 heterocycles. The van der Waals surface area contributed by atoms with E-state index in [0.717, 1.165) is 83.5 Å². The first-order valence-electron chi connectivity index (χ1n) is 28.3. The monoisotopic (exact) mass is 1000 g/mol. The Kier molecular flexibility index (Phi) is 49.1. The zero-order valence-corrected chi connectivity index (χ0v) is 46.6. The number of esters is 2. The van der Waals surface area contributed by atoms with E-state index >= 15 is 0 Å². The number of hydrogen-bond acceptors (Lipinski definition) is 8. The van der Waals surface area contributed by atoms with Crippen LogP contribution in [0, 0.1) is 0 Å². The summed E-state index contributed by atoms with van der Waals surface area (Å²) in [5.41, 5.74) is 0. The molecule has 0 aromatic rings. The second-order valence-electron chi connectivity index (χ2n) is 19.9. The highest BCUT2D eigenvalue weighted by molar-refractivity contribution is 7.45. The molecule has 0 radical (unpaired) electrons. The van der Waals surface area contributed by atoms with Crippen LogP contribution in [0.5, 0.6) is 0 Å². The van der Waals surface area contributed by atoms with Gasteiger partial charge in [0.05, 0.1) is 27.7 Å². The summed E-state index contributed by atoms with van der Waals surface area (Å²) in [6.45, 7) is 4.11. The number of carbonyl (C=O) groups is 2. The van der Waals surface area contributed by atoms with Crippen LogP contribution in [0.1, 0.15) is 232 Å². The summed E-state index contributed by atoms with van der Waals surface area (Å²) in [5, 5.41) is 0. The van der Waals surface area contributed by atoms with E-state index in [2.05, 4.69) is 98.9 Å². The molecule has 0 aliphatic carbocycles. The van der Waals surface area contributed by atoms with E-state index in [9.17, 15) is 19.0 Å². The third-order valence-corrected chi connectivity index (χ3v) is 12.9. The number of likely N-dealkylation sites (N-methyl/N-ethyl adjacent to an activating group) is 1. The maximum atomic E-state index is 12.8. The first kappa shape index (κ1) is 67.2. The van der Waals surface area contributed by atoms with E-state index in [0.29, 0.717) is 17.4 Å². The maximum absolute atomic E-state index is 12.8. The lowest BCUT2D eigenvalue weighted by molar-refractivity contribution is -0.870. The van der Waals surface area contributed by atoms with E-state index in [1.165, 1.54) is 116 Å². The Morgan fingerprint density at radius 1 is 0.457 bits per heavy atom. The van der Waals surface area contributed by atoms with Crippen molar-refractivity contribution in [2.24, 2.45) is 0 Å². The van der Waals surface area contributed by atoms with Gasteiger partial charge in [-0.05, 0) is 89.9 Å². The highest BCUT2D eigenvalue weighted by Gasteiger charge is 2.21. The smallest absolute Gasteiger partial charge is 0.306 e. The molecule has 0 saturated heterocycles. The highest BCUT2D eigenvalue weighted by Crippen LogP contribution is 2.38. The Balaban J connectivity index is 4.23. The largest absolute Gasteiger partial charge is 0.756 e. The van der Waals surface area contributed by atoms with Gasteiger partial charge in [0.1, 0.15) is 19.8 Å². The number of quaternary nitrogens is 1. The molecular weight excluding hydrogens is 894 g/mol. The Labute approximate surface area is 431 Å². The number of unbranched alkanes of at least 4 members (excludes halogenated alkanes) is 23. The first-order chi connectivity index (χ1) is 34.0. The van der Waals surface area contributed by atoms with Gasteiger partial charge in [-0.3, -0.25) is 14.2 Å². The van der Waals surface area contributed by atoms with Gasteiger partial charge in [0.15, 0.2) is 6.10 Å². The Hall–Kier alpha value is -2.81. The zero-order chi connectivity index (χ0) is 51.3. The van der Waals surface area contributed by atoms with Crippen LogP contribution in [0.3, 0.4) is 0 Å². The Bertz CT molecular complexity index is 1460. The summed E-state index contributed by atoms with van der Waals surface area (Å²) in [7, 11) is 1.15. The van der Waals surface area contributed by atoms with Crippen LogP contribution in [-0.2, 0) is 32.7 Å². The van der Waals surface area contributed by atoms with E-state index in [4.69, 9.17) is 18.5 Å². The average molecular weight is 1000 g/mol. The van der Waals surface area contributed by atoms with Crippen LogP contribution in [0.15, 0.2) is 85.1 Å². The lowest BCUT2D eigenvalue weighted by Crippen LogP contribution is -2.37. The second kappa shape index (κ2) is 51.1. The zero-order valence-electron chi connectivity index (χ0n) is 45.7. The standard InChI is InChI=1S/C60H106NO8P/c1-6-8-10-12-14-16-18-20-22-24-26-27-28-29-30-31-32-33-35-37-39-41-43-45-47-49-51-53-60(63)69-58(57-68-70(64,65)67-55-54-61(3,4)5)56-66-59(62)52-50-48-46-44-42-40-38-36-34-25-23-21-19-17-15-13-11-9-7-2/h8,10,14,16,20-23,26-27,29-30,32-33,58H,6-7,9,11-13,15,17-19,24-25,28,31,34-57H2,1-5H3/b10-8-,16-14-,22-20-,23-21-,27-26-,30-29-,33-32-. The van der Waals surface area contributed by atoms with Gasteiger partial charge in [-0.2, -0.15) is 0 Å². The van der Waals surface area contributed by atoms with Crippen LogP contribution >= 0.6 is 7.82 Å². The van der Waals surface area contributed by atoms with Gasteiger partial charge in [0.2, 0.25) is 0 Å². The van der Waals surface area contributed by atoms with Crippen molar-refractivity contribution in [1.82, 2.24) is 0 Å². The molecule has 0 aromatic carbocycles. The number of ether oxygens (including phenoxy) is 2. The number of nitrogens with zero attached hydrogens (tertiary/aromatic N) is 1. The average Bonchev–Trinajstić information content (AvgIpc) is 3.32. The van der Waals surface area contributed by atoms with E-state index in [1.807, 2.05) is 21.1 Å². The summed E-state index contributed by atoms with van der Waals surface area (Å²) in [6, 6.07) is 0. The van der Waals surface area contributed by atoms with Gasteiger partial charge < -0.3 is 27.9 Å². The lowest BCUT2D eigenvalue weighted by atomic mass is 10.1. The fraction of sp³-hybridized carbons (Fsp3) is 0.733. The topological polar surface area (TPSA) is 111 Å². The van der Waals surface area contributed by atoms with Crippen molar-refractivity contribution >= 4 is 19.8 Å². The molecule has 0 aliphatic heterocycles. The molecule has 0 bridgehead atoms. The molecule has 70 heavy (non-hydrogen) atoms. The van der Waals surface area contributed by atoms with Crippen LogP contribution in [0.4, 0.5) is 0 Å². The SMILES string of the molecule is CC/C=C\C/C=C\C/C=C\C/C=C\C/C=C\C/C=C\CCCCCCCCCCC(=O)OC(COC(=O)CCCCCCCCCCC/C=C\CCCCCCCC)COP(=O)([O-])OCC[N+](C)(C)C. The van der Waals surface area contributed by atoms with Gasteiger partial charge in [-0.25, -0.2) is 0 Å². The molecule has 404 valence electrons. The van der Waals surface area contributed by atoms with Crippen molar-refractivity contribution in [3.05, 3.63) is 85.1 Å².